The number of amides is 1. The number of carbonyl (C=O) groups is 1. The average molecular weight is 256 g/mol. The van der Waals surface area contributed by atoms with Gasteiger partial charge in [-0.25, -0.2) is 0 Å². The molecule has 0 aromatic carbocycles. The zero-order valence-electron chi connectivity index (χ0n) is 10.4. The van der Waals surface area contributed by atoms with Crippen LogP contribution in [0.3, 0.4) is 0 Å². The van der Waals surface area contributed by atoms with Gasteiger partial charge < -0.3 is 10.0 Å². The minimum atomic E-state index is 0.0914. The summed E-state index contributed by atoms with van der Waals surface area (Å²) in [5.41, 5.74) is 0. The molecule has 0 unspecified atom stereocenters. The lowest BCUT2D eigenvalue weighted by atomic mass is 10.4. The molecule has 96 valence electrons. The number of rotatable bonds is 7. The summed E-state index contributed by atoms with van der Waals surface area (Å²) in [6.45, 7) is 4.44. The van der Waals surface area contributed by atoms with Crippen molar-refractivity contribution < 1.29 is 9.90 Å². The van der Waals surface area contributed by atoms with Gasteiger partial charge in [-0.15, -0.1) is 11.3 Å². The third-order valence-corrected chi connectivity index (χ3v) is 3.48. The van der Waals surface area contributed by atoms with Crippen LogP contribution in [0.4, 0.5) is 0 Å². The molecule has 5 heteroatoms. The van der Waals surface area contributed by atoms with E-state index < -0.39 is 0 Å². The van der Waals surface area contributed by atoms with Crippen molar-refractivity contribution in [2.24, 2.45) is 0 Å². The van der Waals surface area contributed by atoms with Crippen molar-refractivity contribution in [3.05, 3.63) is 22.4 Å². The molecule has 0 aliphatic rings. The van der Waals surface area contributed by atoms with E-state index in [2.05, 4.69) is 0 Å². The largest absolute Gasteiger partial charge is 0.395 e. The van der Waals surface area contributed by atoms with Gasteiger partial charge in [-0.1, -0.05) is 13.0 Å². The van der Waals surface area contributed by atoms with Crippen LogP contribution >= 0.6 is 11.3 Å². The molecule has 1 heterocycles. The van der Waals surface area contributed by atoms with Crippen LogP contribution in [0.5, 0.6) is 0 Å². The van der Waals surface area contributed by atoms with Crippen LogP contribution < -0.4 is 0 Å². The monoisotopic (exact) mass is 256 g/mol. The van der Waals surface area contributed by atoms with Crippen LogP contribution in [-0.4, -0.2) is 54.1 Å². The van der Waals surface area contributed by atoms with Gasteiger partial charge in [0.15, 0.2) is 0 Å². The molecule has 1 amide bonds. The van der Waals surface area contributed by atoms with Gasteiger partial charge in [0.1, 0.15) is 0 Å². The standard InChI is InChI=1S/C12H20N2O2S/c1-3-14(6-7-15)10-12(16)13(2)9-11-5-4-8-17-11/h4-5,8,15H,3,6-7,9-10H2,1-2H3. The molecule has 4 nitrogen and oxygen atoms in total. The molecule has 0 atom stereocenters. The Kier molecular flexibility index (Phi) is 6.18. The number of hydrogen-bond acceptors (Lipinski definition) is 4. The lowest BCUT2D eigenvalue weighted by molar-refractivity contribution is -0.131. The van der Waals surface area contributed by atoms with E-state index in [1.807, 2.05) is 36.4 Å². The van der Waals surface area contributed by atoms with Crippen molar-refractivity contribution in [2.45, 2.75) is 13.5 Å². The minimum Gasteiger partial charge on any atom is -0.395 e. The highest BCUT2D eigenvalue weighted by atomic mass is 32.1. The first-order chi connectivity index (χ1) is 8.17. The van der Waals surface area contributed by atoms with Gasteiger partial charge in [-0.2, -0.15) is 0 Å². The average Bonchev–Trinajstić information content (AvgIpc) is 2.81. The lowest BCUT2D eigenvalue weighted by Crippen LogP contribution is -2.39. The lowest BCUT2D eigenvalue weighted by Gasteiger charge is -2.22. The van der Waals surface area contributed by atoms with E-state index in [4.69, 9.17) is 5.11 Å². The van der Waals surface area contributed by atoms with Gasteiger partial charge in [0, 0.05) is 18.5 Å². The maximum Gasteiger partial charge on any atom is 0.236 e. The van der Waals surface area contributed by atoms with Gasteiger partial charge in [0.05, 0.1) is 19.7 Å². The first-order valence-corrected chi connectivity index (χ1v) is 6.65. The molecule has 1 rings (SSSR count). The van der Waals surface area contributed by atoms with Gasteiger partial charge in [-0.3, -0.25) is 9.69 Å². The van der Waals surface area contributed by atoms with Gasteiger partial charge in [-0.05, 0) is 18.0 Å². The van der Waals surface area contributed by atoms with Crippen molar-refractivity contribution in [1.29, 1.82) is 0 Å². The number of nitrogens with zero attached hydrogens (tertiary/aromatic N) is 2. The smallest absolute Gasteiger partial charge is 0.236 e. The summed E-state index contributed by atoms with van der Waals surface area (Å²) >= 11 is 1.66. The van der Waals surface area contributed by atoms with E-state index in [0.717, 1.165) is 6.54 Å². The number of likely N-dealkylation sites (N-methyl/N-ethyl adjacent to an activating group) is 2. The maximum absolute atomic E-state index is 11.9. The van der Waals surface area contributed by atoms with Crippen LogP contribution in [0.1, 0.15) is 11.8 Å². The number of carbonyl (C=O) groups excluding carboxylic acids is 1. The third kappa shape index (κ3) is 4.85. The molecular formula is C12H20N2O2S. The molecule has 0 saturated carbocycles. The summed E-state index contributed by atoms with van der Waals surface area (Å²) in [6.07, 6.45) is 0. The molecule has 0 radical (unpaired) electrons. The SMILES string of the molecule is CCN(CCO)CC(=O)N(C)Cc1cccs1. The van der Waals surface area contributed by atoms with Crippen LogP contribution in [-0.2, 0) is 11.3 Å². The second-order valence-electron chi connectivity index (χ2n) is 3.92. The number of hydrogen-bond donors (Lipinski definition) is 1. The molecule has 0 bridgehead atoms. The van der Waals surface area contributed by atoms with E-state index in [0.29, 0.717) is 19.6 Å². The van der Waals surface area contributed by atoms with Crippen LogP contribution in [0, 0.1) is 0 Å². The summed E-state index contributed by atoms with van der Waals surface area (Å²) < 4.78 is 0. The molecule has 1 aromatic rings. The summed E-state index contributed by atoms with van der Waals surface area (Å²) in [6, 6.07) is 4.02. The Bertz CT molecular complexity index is 327. The number of aliphatic hydroxyl groups excluding tert-OH is 1. The molecule has 0 spiro atoms. The minimum absolute atomic E-state index is 0.0914. The molecular weight excluding hydrogens is 236 g/mol. The molecule has 17 heavy (non-hydrogen) atoms. The quantitative estimate of drug-likeness (QED) is 0.792. The summed E-state index contributed by atoms with van der Waals surface area (Å²) in [4.78, 5) is 16.8. The highest BCUT2D eigenvalue weighted by Gasteiger charge is 2.13. The molecule has 0 fully saturated rings. The summed E-state index contributed by atoms with van der Waals surface area (Å²) in [7, 11) is 1.81. The topological polar surface area (TPSA) is 43.8 Å². The Hall–Kier alpha value is -0.910. The van der Waals surface area contributed by atoms with Crippen LogP contribution in [0.2, 0.25) is 0 Å². The zero-order valence-corrected chi connectivity index (χ0v) is 11.2. The van der Waals surface area contributed by atoms with Gasteiger partial charge >= 0.3 is 0 Å². The zero-order chi connectivity index (χ0) is 12.7. The second-order valence-corrected chi connectivity index (χ2v) is 4.95. The van der Waals surface area contributed by atoms with E-state index in [9.17, 15) is 4.79 Å². The fourth-order valence-electron chi connectivity index (χ4n) is 1.53. The number of aliphatic hydroxyl groups is 1. The Morgan fingerprint density at radius 1 is 1.53 bits per heavy atom. The van der Waals surface area contributed by atoms with Gasteiger partial charge in [0.25, 0.3) is 0 Å². The second kappa shape index (κ2) is 7.42. The molecule has 1 N–H and O–H groups in total. The first kappa shape index (κ1) is 14.2. The van der Waals surface area contributed by atoms with Crippen molar-refractivity contribution in [1.82, 2.24) is 9.80 Å². The third-order valence-electron chi connectivity index (χ3n) is 2.62. The van der Waals surface area contributed by atoms with Crippen LogP contribution in [0.15, 0.2) is 17.5 Å². The molecule has 0 aliphatic heterocycles. The Labute approximate surface area is 106 Å². The highest BCUT2D eigenvalue weighted by Crippen LogP contribution is 2.10. The Morgan fingerprint density at radius 2 is 2.29 bits per heavy atom. The molecule has 0 saturated heterocycles. The molecule has 0 aliphatic carbocycles. The first-order valence-electron chi connectivity index (χ1n) is 5.77. The van der Waals surface area contributed by atoms with E-state index in [1.165, 1.54) is 4.88 Å². The van der Waals surface area contributed by atoms with Crippen molar-refractivity contribution >= 4 is 17.2 Å². The highest BCUT2D eigenvalue weighted by molar-refractivity contribution is 7.09. The predicted octanol–water partition coefficient (Wildman–Crippen LogP) is 1.02. The number of thiophene rings is 1. The summed E-state index contributed by atoms with van der Waals surface area (Å²) in [5, 5.41) is 10.9. The van der Waals surface area contributed by atoms with E-state index in [-0.39, 0.29) is 12.5 Å². The fraction of sp³-hybridized carbons (Fsp3) is 0.583. The Morgan fingerprint density at radius 3 is 2.82 bits per heavy atom. The van der Waals surface area contributed by atoms with Crippen molar-refractivity contribution in [3.8, 4) is 0 Å². The normalized spacial score (nSPS) is 10.8. The van der Waals surface area contributed by atoms with Crippen molar-refractivity contribution in [2.75, 3.05) is 33.3 Å². The predicted molar refractivity (Wildman–Crippen MR) is 70.0 cm³/mol. The van der Waals surface area contributed by atoms with Gasteiger partial charge in [0.2, 0.25) is 5.91 Å². The summed E-state index contributed by atoms with van der Waals surface area (Å²) in [5.74, 6) is 0.0914. The fourth-order valence-corrected chi connectivity index (χ4v) is 2.28. The molecule has 1 aromatic heterocycles. The maximum atomic E-state index is 11.9. The van der Waals surface area contributed by atoms with Crippen LogP contribution in [0.25, 0.3) is 0 Å². The Balaban J connectivity index is 2.40. The van der Waals surface area contributed by atoms with Crippen molar-refractivity contribution in [3.63, 3.8) is 0 Å². The van der Waals surface area contributed by atoms with E-state index in [1.54, 1.807) is 16.2 Å². The van der Waals surface area contributed by atoms with E-state index >= 15 is 0 Å².